The van der Waals surface area contributed by atoms with Gasteiger partial charge in [-0.1, -0.05) is 0 Å². The molecule has 30 heavy (non-hydrogen) atoms. The minimum absolute atomic E-state index is 0.262. The minimum Gasteiger partial charge on any atom is -0.446 e. The molecule has 0 radical (unpaired) electrons. The van der Waals surface area contributed by atoms with Gasteiger partial charge in [-0.05, 0) is 26.0 Å². The van der Waals surface area contributed by atoms with Crippen molar-refractivity contribution in [1.82, 2.24) is 19.9 Å². The van der Waals surface area contributed by atoms with Crippen molar-refractivity contribution in [3.8, 4) is 10.7 Å². The number of aromatic nitrogens is 3. The number of rotatable bonds is 3. The standard InChI is InChI=1S/C21H24FN5O2S/c1-12-13(2)30-20(24-12)17-11-16-18(3-4-23-19(16)25-17)26-5-7-27(8-6-26)21(28)29-15-9-14(22)10-15/h3-4,11,14-15H,5-10H2,1-2H3,(H,23,25)/t14-,15-. The lowest BCUT2D eigenvalue weighted by Crippen LogP contribution is -2.50. The molecule has 1 aliphatic carbocycles. The first kappa shape index (κ1) is 19.3. The Kier molecular flexibility index (Phi) is 4.85. The van der Waals surface area contributed by atoms with E-state index in [-0.39, 0.29) is 12.2 Å². The van der Waals surface area contributed by atoms with E-state index in [1.165, 1.54) is 4.88 Å². The SMILES string of the molecule is Cc1nc(-c2cc3c(N4CCN(C(=O)O[C@H]5C[C@H](F)C5)CC4)ccnc3[nH]2)sc1C. The molecule has 7 nitrogen and oxygen atoms in total. The fourth-order valence-corrected chi connectivity index (χ4v) is 4.82. The molecule has 9 heteroatoms. The summed E-state index contributed by atoms with van der Waals surface area (Å²) < 4.78 is 18.3. The highest BCUT2D eigenvalue weighted by Crippen LogP contribution is 2.33. The van der Waals surface area contributed by atoms with Crippen LogP contribution < -0.4 is 4.90 Å². The number of nitrogens with zero attached hydrogens (tertiary/aromatic N) is 4. The van der Waals surface area contributed by atoms with Crippen molar-refractivity contribution in [2.24, 2.45) is 0 Å². The number of fused-ring (bicyclic) bond motifs is 1. The largest absolute Gasteiger partial charge is 0.446 e. The Hall–Kier alpha value is -2.68. The number of alkyl halides is 1. The lowest BCUT2D eigenvalue weighted by molar-refractivity contribution is -0.0132. The van der Waals surface area contributed by atoms with E-state index in [1.807, 2.05) is 13.0 Å². The first-order chi connectivity index (χ1) is 14.5. The van der Waals surface area contributed by atoms with Crippen LogP contribution in [0.15, 0.2) is 18.3 Å². The molecule has 2 aliphatic rings. The first-order valence-corrected chi connectivity index (χ1v) is 11.1. The van der Waals surface area contributed by atoms with E-state index in [0.29, 0.717) is 39.0 Å². The van der Waals surface area contributed by atoms with Crippen LogP contribution in [0, 0.1) is 13.8 Å². The summed E-state index contributed by atoms with van der Waals surface area (Å²) in [5.74, 6) is 0. The first-order valence-electron chi connectivity index (χ1n) is 10.2. The number of carbonyl (C=O) groups excluding carboxylic acids is 1. The third-order valence-electron chi connectivity index (χ3n) is 5.95. The number of amides is 1. The summed E-state index contributed by atoms with van der Waals surface area (Å²) in [5, 5.41) is 2.02. The van der Waals surface area contributed by atoms with Crippen LogP contribution in [0.25, 0.3) is 21.7 Å². The summed E-state index contributed by atoms with van der Waals surface area (Å²) in [6.07, 6.45) is 1.05. The third-order valence-corrected chi connectivity index (χ3v) is 7.06. The number of pyridine rings is 1. The fraction of sp³-hybridized carbons (Fsp3) is 0.476. The number of thiazole rings is 1. The van der Waals surface area contributed by atoms with Gasteiger partial charge in [-0.15, -0.1) is 11.3 Å². The van der Waals surface area contributed by atoms with E-state index in [9.17, 15) is 9.18 Å². The maximum absolute atomic E-state index is 12.9. The lowest BCUT2D eigenvalue weighted by atomic mass is 9.94. The average Bonchev–Trinajstić information content (AvgIpc) is 3.30. The fourth-order valence-electron chi connectivity index (χ4n) is 3.94. The third kappa shape index (κ3) is 3.51. The van der Waals surface area contributed by atoms with Crippen LogP contribution in [0.5, 0.6) is 0 Å². The summed E-state index contributed by atoms with van der Waals surface area (Å²) in [7, 11) is 0. The number of aryl methyl sites for hydroxylation is 2. The van der Waals surface area contributed by atoms with E-state index in [0.717, 1.165) is 33.1 Å². The summed E-state index contributed by atoms with van der Waals surface area (Å²) >= 11 is 1.67. The number of anilines is 1. The number of hydrogen-bond donors (Lipinski definition) is 1. The number of carbonyl (C=O) groups is 1. The van der Waals surface area contributed by atoms with Gasteiger partial charge < -0.3 is 19.5 Å². The van der Waals surface area contributed by atoms with E-state index < -0.39 is 6.17 Å². The van der Waals surface area contributed by atoms with Crippen molar-refractivity contribution in [2.75, 3.05) is 31.1 Å². The van der Waals surface area contributed by atoms with Crippen LogP contribution in [-0.2, 0) is 4.74 Å². The number of halogens is 1. The molecule has 1 saturated carbocycles. The quantitative estimate of drug-likeness (QED) is 0.680. The Morgan fingerprint density at radius 1 is 1.27 bits per heavy atom. The predicted octanol–water partition coefficient (Wildman–Crippen LogP) is 4.06. The highest BCUT2D eigenvalue weighted by molar-refractivity contribution is 7.15. The molecule has 1 N–H and O–H groups in total. The Bertz CT molecular complexity index is 1060. The molecular weight excluding hydrogens is 405 g/mol. The second-order valence-corrected chi connectivity index (χ2v) is 9.19. The summed E-state index contributed by atoms with van der Waals surface area (Å²) in [6.45, 7) is 6.68. The molecule has 0 aromatic carbocycles. The lowest BCUT2D eigenvalue weighted by Gasteiger charge is -2.37. The number of piperazine rings is 1. The Labute approximate surface area is 177 Å². The molecule has 1 saturated heterocycles. The van der Waals surface area contributed by atoms with Crippen LogP contribution in [-0.4, -0.2) is 64.4 Å². The smallest absolute Gasteiger partial charge is 0.410 e. The Morgan fingerprint density at radius 3 is 2.70 bits per heavy atom. The number of H-pyrrole nitrogens is 1. The normalized spacial score (nSPS) is 21.7. The van der Waals surface area contributed by atoms with Gasteiger partial charge in [-0.25, -0.2) is 19.2 Å². The van der Waals surface area contributed by atoms with Crippen LogP contribution in [0.4, 0.5) is 14.9 Å². The van der Waals surface area contributed by atoms with Crippen LogP contribution in [0.1, 0.15) is 23.4 Å². The van der Waals surface area contributed by atoms with Gasteiger partial charge in [-0.3, -0.25) is 0 Å². The topological polar surface area (TPSA) is 74.3 Å². The Morgan fingerprint density at radius 2 is 2.03 bits per heavy atom. The minimum atomic E-state index is -0.822. The number of aromatic amines is 1. The molecule has 2 fully saturated rings. The zero-order chi connectivity index (χ0) is 20.8. The van der Waals surface area contributed by atoms with Crippen molar-refractivity contribution >= 4 is 34.2 Å². The molecule has 5 rings (SSSR count). The second kappa shape index (κ2) is 7.54. The molecule has 3 aromatic rings. The molecule has 0 unspecified atom stereocenters. The highest BCUT2D eigenvalue weighted by atomic mass is 32.1. The molecule has 1 amide bonds. The molecule has 1 aliphatic heterocycles. The van der Waals surface area contributed by atoms with Crippen molar-refractivity contribution in [3.63, 3.8) is 0 Å². The van der Waals surface area contributed by atoms with Crippen molar-refractivity contribution in [2.45, 2.75) is 39.0 Å². The molecule has 0 spiro atoms. The van der Waals surface area contributed by atoms with Gasteiger partial charge in [-0.2, -0.15) is 0 Å². The van der Waals surface area contributed by atoms with Gasteiger partial charge >= 0.3 is 6.09 Å². The molecule has 4 heterocycles. The van der Waals surface area contributed by atoms with E-state index in [4.69, 9.17) is 4.74 Å². The monoisotopic (exact) mass is 429 g/mol. The second-order valence-electron chi connectivity index (χ2n) is 7.98. The van der Waals surface area contributed by atoms with E-state index >= 15 is 0 Å². The zero-order valence-corrected chi connectivity index (χ0v) is 17.8. The van der Waals surface area contributed by atoms with Gasteiger partial charge in [0.15, 0.2) is 0 Å². The summed E-state index contributed by atoms with van der Waals surface area (Å²) in [5.41, 5.74) is 3.95. The maximum atomic E-state index is 12.9. The van der Waals surface area contributed by atoms with E-state index in [2.05, 4.69) is 32.8 Å². The molecule has 0 bridgehead atoms. The molecule has 3 aromatic heterocycles. The zero-order valence-electron chi connectivity index (χ0n) is 17.0. The summed E-state index contributed by atoms with van der Waals surface area (Å²) in [4.78, 5) is 30.0. The number of hydrogen-bond acceptors (Lipinski definition) is 6. The average molecular weight is 430 g/mol. The number of ether oxygens (including phenoxy) is 1. The molecule has 0 atom stereocenters. The highest BCUT2D eigenvalue weighted by Gasteiger charge is 2.34. The van der Waals surface area contributed by atoms with Crippen LogP contribution >= 0.6 is 11.3 Å². The van der Waals surface area contributed by atoms with Gasteiger partial charge in [0.2, 0.25) is 0 Å². The van der Waals surface area contributed by atoms with Gasteiger partial charge in [0, 0.05) is 61.2 Å². The molecule has 158 valence electrons. The Balaban J connectivity index is 1.30. The summed E-state index contributed by atoms with van der Waals surface area (Å²) in [6, 6.07) is 4.13. The number of nitrogens with one attached hydrogen (secondary N) is 1. The molecular formula is C21H24FN5O2S. The predicted molar refractivity (Wildman–Crippen MR) is 115 cm³/mol. The van der Waals surface area contributed by atoms with Gasteiger partial charge in [0.1, 0.15) is 22.9 Å². The van der Waals surface area contributed by atoms with Gasteiger partial charge in [0.25, 0.3) is 0 Å². The van der Waals surface area contributed by atoms with Crippen molar-refractivity contribution in [3.05, 3.63) is 28.9 Å². The van der Waals surface area contributed by atoms with Crippen molar-refractivity contribution in [1.29, 1.82) is 0 Å². The van der Waals surface area contributed by atoms with Crippen LogP contribution in [0.2, 0.25) is 0 Å². The van der Waals surface area contributed by atoms with Crippen molar-refractivity contribution < 1.29 is 13.9 Å². The maximum Gasteiger partial charge on any atom is 0.410 e. The van der Waals surface area contributed by atoms with Gasteiger partial charge in [0.05, 0.1) is 11.4 Å². The van der Waals surface area contributed by atoms with E-state index in [1.54, 1.807) is 22.4 Å². The van der Waals surface area contributed by atoms with Crippen LogP contribution in [0.3, 0.4) is 0 Å².